The molecule has 2 N–H and O–H groups in total. The number of hydrogen-bond acceptors (Lipinski definition) is 4. The number of benzene rings is 1. The molecule has 8 nitrogen and oxygen atoms in total. The van der Waals surface area contributed by atoms with Crippen molar-refractivity contribution in [1.82, 2.24) is 19.1 Å². The molecule has 0 fully saturated rings. The molecule has 8 heteroatoms. The van der Waals surface area contributed by atoms with Gasteiger partial charge in [-0.05, 0) is 18.9 Å². The summed E-state index contributed by atoms with van der Waals surface area (Å²) in [5.74, 6) is 0.468. The van der Waals surface area contributed by atoms with E-state index in [4.69, 9.17) is 4.98 Å². The summed E-state index contributed by atoms with van der Waals surface area (Å²) >= 11 is 0. The molecule has 0 aliphatic carbocycles. The number of carbonyl (C=O) groups excluding carboxylic acids is 1. The van der Waals surface area contributed by atoms with E-state index >= 15 is 0 Å². The second-order valence-corrected chi connectivity index (χ2v) is 6.56. The maximum absolute atomic E-state index is 12.6. The summed E-state index contributed by atoms with van der Waals surface area (Å²) in [6, 6.07) is 7.33. The van der Waals surface area contributed by atoms with Crippen LogP contribution in [0, 0.1) is 0 Å². The van der Waals surface area contributed by atoms with Crippen molar-refractivity contribution in [1.29, 1.82) is 0 Å². The topological polar surface area (TPSA) is 102 Å². The Morgan fingerprint density at radius 2 is 2.04 bits per heavy atom. The zero-order valence-corrected chi connectivity index (χ0v) is 14.9. The van der Waals surface area contributed by atoms with Gasteiger partial charge in [-0.1, -0.05) is 18.2 Å². The molecule has 0 radical (unpaired) electrons. The molecule has 2 aromatic heterocycles. The minimum atomic E-state index is -0.647. The number of aromatic nitrogens is 4. The average molecular weight is 365 g/mol. The Kier molecular flexibility index (Phi) is 4.23. The van der Waals surface area contributed by atoms with Gasteiger partial charge in [-0.25, -0.2) is 9.78 Å². The Morgan fingerprint density at radius 3 is 2.85 bits per heavy atom. The third-order valence-electron chi connectivity index (χ3n) is 4.78. The van der Waals surface area contributed by atoms with E-state index in [-0.39, 0.29) is 5.56 Å². The van der Waals surface area contributed by atoms with Gasteiger partial charge in [-0.3, -0.25) is 14.2 Å². The summed E-state index contributed by atoms with van der Waals surface area (Å²) in [7, 11) is 1.32. The molecule has 1 aromatic carbocycles. The van der Waals surface area contributed by atoms with E-state index in [2.05, 4.69) is 14.9 Å². The Balaban J connectivity index is 1.69. The van der Waals surface area contributed by atoms with E-state index in [1.807, 2.05) is 18.3 Å². The minimum absolute atomic E-state index is 0.129. The van der Waals surface area contributed by atoms with Crippen molar-refractivity contribution in [2.75, 3.05) is 5.32 Å². The highest BCUT2D eigenvalue weighted by molar-refractivity contribution is 6.05. The van der Waals surface area contributed by atoms with Crippen LogP contribution < -0.4 is 16.6 Å². The minimum Gasteiger partial charge on any atom is -0.334 e. The van der Waals surface area contributed by atoms with Crippen molar-refractivity contribution < 1.29 is 4.79 Å². The zero-order valence-electron chi connectivity index (χ0n) is 14.9. The lowest BCUT2D eigenvalue weighted by Crippen LogP contribution is -2.37. The van der Waals surface area contributed by atoms with Gasteiger partial charge in [0.15, 0.2) is 0 Å². The lowest BCUT2D eigenvalue weighted by molar-refractivity contribution is 0.102. The number of nitrogens with one attached hydrogen (secondary N) is 2. The number of para-hydroxylation sites is 1. The molecule has 1 aliphatic heterocycles. The van der Waals surface area contributed by atoms with Gasteiger partial charge in [0.1, 0.15) is 11.4 Å². The molecule has 0 unspecified atom stereocenters. The molecule has 3 aromatic rings. The van der Waals surface area contributed by atoms with Crippen LogP contribution in [0.25, 0.3) is 11.3 Å². The average Bonchev–Trinajstić information content (AvgIpc) is 3.10. The third-order valence-corrected chi connectivity index (χ3v) is 4.78. The summed E-state index contributed by atoms with van der Waals surface area (Å²) in [5, 5.41) is 2.77. The summed E-state index contributed by atoms with van der Waals surface area (Å²) in [4.78, 5) is 43.3. The van der Waals surface area contributed by atoms with Crippen molar-refractivity contribution in [3.05, 3.63) is 68.9 Å². The number of amides is 1. The van der Waals surface area contributed by atoms with E-state index in [0.29, 0.717) is 5.69 Å². The van der Waals surface area contributed by atoms with Gasteiger partial charge >= 0.3 is 5.69 Å². The summed E-state index contributed by atoms with van der Waals surface area (Å²) < 4.78 is 3.01. The van der Waals surface area contributed by atoms with Crippen LogP contribution in [0.3, 0.4) is 0 Å². The third kappa shape index (κ3) is 3.10. The molecular weight excluding hydrogens is 346 g/mol. The number of rotatable bonds is 3. The number of imidazole rings is 1. The molecule has 1 amide bonds. The standard InChI is InChI=1S/C19H19N5O3/c1-23-18(26)13(10-20-19(23)27)17(25)22-14-7-3-2-6-12(14)15-11-24-9-5-4-8-16(24)21-15/h2-3,6-7,10-11H,4-5,8-9H2,1H3,(H,20,27)(H,22,25). The van der Waals surface area contributed by atoms with E-state index in [1.54, 1.807) is 12.1 Å². The number of carbonyl (C=O) groups is 1. The smallest absolute Gasteiger partial charge is 0.328 e. The number of fused-ring (bicyclic) bond motifs is 1. The van der Waals surface area contributed by atoms with Gasteiger partial charge < -0.3 is 14.9 Å². The summed E-state index contributed by atoms with van der Waals surface area (Å²) in [6.07, 6.45) is 6.35. The summed E-state index contributed by atoms with van der Waals surface area (Å²) in [6.45, 7) is 0.949. The Hall–Kier alpha value is -3.42. The number of anilines is 1. The van der Waals surface area contributed by atoms with Crippen molar-refractivity contribution in [2.24, 2.45) is 7.05 Å². The second kappa shape index (κ2) is 6.71. The van der Waals surface area contributed by atoms with Crippen molar-refractivity contribution in [3.63, 3.8) is 0 Å². The van der Waals surface area contributed by atoms with Crippen molar-refractivity contribution >= 4 is 11.6 Å². The highest BCUT2D eigenvalue weighted by Crippen LogP contribution is 2.29. The molecule has 1 aliphatic rings. The van der Waals surface area contributed by atoms with Crippen molar-refractivity contribution in [3.8, 4) is 11.3 Å². The maximum atomic E-state index is 12.6. The first-order valence-corrected chi connectivity index (χ1v) is 8.80. The number of aryl methyl sites for hydroxylation is 2. The molecule has 0 bridgehead atoms. The molecule has 0 atom stereocenters. The van der Waals surface area contributed by atoms with E-state index in [0.717, 1.165) is 53.7 Å². The predicted molar refractivity (Wildman–Crippen MR) is 101 cm³/mol. The van der Waals surface area contributed by atoms with Gasteiger partial charge in [0.2, 0.25) is 0 Å². The first-order chi connectivity index (χ1) is 13.0. The molecule has 0 spiro atoms. The van der Waals surface area contributed by atoms with Gasteiger partial charge in [0.05, 0.1) is 11.4 Å². The molecular formula is C19H19N5O3. The van der Waals surface area contributed by atoms with Gasteiger partial charge in [0, 0.05) is 38.0 Å². The Bertz CT molecular complexity index is 1120. The summed E-state index contributed by atoms with van der Waals surface area (Å²) in [5.41, 5.74) is 0.792. The van der Waals surface area contributed by atoms with Crippen LogP contribution in [0.1, 0.15) is 29.0 Å². The first-order valence-electron chi connectivity index (χ1n) is 8.80. The Morgan fingerprint density at radius 1 is 1.22 bits per heavy atom. The lowest BCUT2D eigenvalue weighted by atomic mass is 10.1. The molecule has 0 saturated heterocycles. The van der Waals surface area contributed by atoms with Crippen LogP contribution in [-0.2, 0) is 20.0 Å². The SMILES string of the molecule is Cn1c(=O)[nH]cc(C(=O)Nc2ccccc2-c2cn3c(n2)CCCC3)c1=O. The van der Waals surface area contributed by atoms with Gasteiger partial charge in [-0.2, -0.15) is 0 Å². The van der Waals surface area contributed by atoms with E-state index in [9.17, 15) is 14.4 Å². The van der Waals surface area contributed by atoms with Crippen LogP contribution in [0.4, 0.5) is 5.69 Å². The van der Waals surface area contributed by atoms with Crippen LogP contribution in [0.15, 0.2) is 46.2 Å². The fourth-order valence-electron chi connectivity index (χ4n) is 3.28. The van der Waals surface area contributed by atoms with E-state index in [1.165, 1.54) is 7.05 Å². The molecule has 3 heterocycles. The number of hydrogen-bond donors (Lipinski definition) is 2. The largest absolute Gasteiger partial charge is 0.334 e. The zero-order chi connectivity index (χ0) is 19.0. The fourth-order valence-corrected chi connectivity index (χ4v) is 3.28. The Labute approximate surface area is 154 Å². The van der Waals surface area contributed by atoms with Gasteiger partial charge in [0.25, 0.3) is 11.5 Å². The monoisotopic (exact) mass is 365 g/mol. The normalized spacial score (nSPS) is 13.2. The maximum Gasteiger partial charge on any atom is 0.328 e. The molecule has 4 rings (SSSR count). The second-order valence-electron chi connectivity index (χ2n) is 6.56. The quantitative estimate of drug-likeness (QED) is 0.735. The lowest BCUT2D eigenvalue weighted by Gasteiger charge is -2.11. The van der Waals surface area contributed by atoms with Crippen LogP contribution in [0.5, 0.6) is 0 Å². The highest BCUT2D eigenvalue weighted by atomic mass is 16.2. The highest BCUT2D eigenvalue weighted by Gasteiger charge is 2.18. The predicted octanol–water partition coefficient (Wildman–Crippen LogP) is 1.53. The van der Waals surface area contributed by atoms with Crippen LogP contribution in [-0.4, -0.2) is 25.0 Å². The van der Waals surface area contributed by atoms with E-state index < -0.39 is 17.2 Å². The molecule has 0 saturated carbocycles. The molecule has 27 heavy (non-hydrogen) atoms. The molecule has 138 valence electrons. The van der Waals surface area contributed by atoms with Crippen molar-refractivity contribution in [2.45, 2.75) is 25.8 Å². The van der Waals surface area contributed by atoms with Crippen LogP contribution in [0.2, 0.25) is 0 Å². The first kappa shape index (κ1) is 17.0. The number of nitrogens with zero attached hydrogens (tertiary/aromatic N) is 3. The van der Waals surface area contributed by atoms with Crippen LogP contribution >= 0.6 is 0 Å². The number of aromatic amines is 1. The number of H-pyrrole nitrogens is 1. The fraction of sp³-hybridized carbons (Fsp3) is 0.263. The van der Waals surface area contributed by atoms with Gasteiger partial charge in [-0.15, -0.1) is 0 Å².